The van der Waals surface area contributed by atoms with Gasteiger partial charge >= 0.3 is 5.76 Å². The van der Waals surface area contributed by atoms with Gasteiger partial charge in [-0.1, -0.05) is 24.9 Å². The van der Waals surface area contributed by atoms with Crippen molar-refractivity contribution in [1.82, 2.24) is 14.0 Å². The van der Waals surface area contributed by atoms with Crippen LogP contribution in [0.25, 0.3) is 0 Å². The fraction of sp³-hybridized carbons (Fsp3) is 0.846. The number of nitrogens with zero attached hydrogens (tertiary/aromatic N) is 3. The SMILES string of the molecule is CCCCN(C)S(=O)(=O)CC1CCCCc2noc(=O)n21. The average Bonchev–Trinajstić information content (AvgIpc) is 2.68. The molecule has 1 atom stereocenters. The lowest BCUT2D eigenvalue weighted by molar-refractivity contribution is 0.357. The predicted octanol–water partition coefficient (Wildman–Crippen LogP) is 1.17. The van der Waals surface area contributed by atoms with E-state index in [4.69, 9.17) is 4.52 Å². The Labute approximate surface area is 125 Å². The predicted molar refractivity (Wildman–Crippen MR) is 78.7 cm³/mol. The second-order valence-electron chi connectivity index (χ2n) is 5.59. The summed E-state index contributed by atoms with van der Waals surface area (Å²) in [4.78, 5) is 11.8. The van der Waals surface area contributed by atoms with Gasteiger partial charge in [0, 0.05) is 20.0 Å². The van der Waals surface area contributed by atoms with Crippen LogP contribution in [0.4, 0.5) is 0 Å². The first-order valence-corrected chi connectivity index (χ1v) is 9.07. The Morgan fingerprint density at radius 2 is 2.19 bits per heavy atom. The number of unbranched alkanes of at least 4 members (excludes halogenated alkanes) is 1. The summed E-state index contributed by atoms with van der Waals surface area (Å²) in [7, 11) is -1.79. The molecule has 7 nitrogen and oxygen atoms in total. The molecule has 0 spiro atoms. The first-order valence-electron chi connectivity index (χ1n) is 7.47. The van der Waals surface area contributed by atoms with Crippen LogP contribution in [0.3, 0.4) is 0 Å². The molecular weight excluding hydrogens is 294 g/mol. The number of aryl methyl sites for hydroxylation is 1. The summed E-state index contributed by atoms with van der Waals surface area (Å²) in [5, 5.41) is 3.76. The van der Waals surface area contributed by atoms with Crippen molar-refractivity contribution in [3.63, 3.8) is 0 Å². The van der Waals surface area contributed by atoms with Gasteiger partial charge in [0.05, 0.1) is 11.8 Å². The third-order valence-corrected chi connectivity index (χ3v) is 5.90. The molecule has 120 valence electrons. The van der Waals surface area contributed by atoms with Gasteiger partial charge in [0.15, 0.2) is 5.82 Å². The van der Waals surface area contributed by atoms with Crippen molar-refractivity contribution in [1.29, 1.82) is 0 Å². The Morgan fingerprint density at radius 1 is 1.43 bits per heavy atom. The van der Waals surface area contributed by atoms with Gasteiger partial charge in [-0.05, 0) is 19.3 Å². The molecule has 21 heavy (non-hydrogen) atoms. The van der Waals surface area contributed by atoms with E-state index in [1.165, 1.54) is 8.87 Å². The van der Waals surface area contributed by atoms with Crippen molar-refractivity contribution in [2.24, 2.45) is 0 Å². The van der Waals surface area contributed by atoms with Gasteiger partial charge in [-0.2, -0.15) is 0 Å². The molecule has 0 saturated carbocycles. The zero-order chi connectivity index (χ0) is 15.5. The van der Waals surface area contributed by atoms with E-state index >= 15 is 0 Å². The smallest absolute Gasteiger partial charge is 0.296 e. The first-order chi connectivity index (χ1) is 9.95. The van der Waals surface area contributed by atoms with Crippen molar-refractivity contribution in [3.8, 4) is 0 Å². The van der Waals surface area contributed by atoms with Gasteiger partial charge in [-0.25, -0.2) is 17.5 Å². The third-order valence-electron chi connectivity index (χ3n) is 3.96. The van der Waals surface area contributed by atoms with Gasteiger partial charge in [0.2, 0.25) is 10.0 Å². The second-order valence-corrected chi connectivity index (χ2v) is 7.71. The molecule has 2 rings (SSSR count). The number of aromatic nitrogens is 2. The van der Waals surface area contributed by atoms with Gasteiger partial charge in [0.25, 0.3) is 0 Å². The molecule has 0 amide bonds. The van der Waals surface area contributed by atoms with Crippen molar-refractivity contribution in [3.05, 3.63) is 16.4 Å². The van der Waals surface area contributed by atoms with Crippen LogP contribution in [0.1, 0.15) is 50.9 Å². The van der Waals surface area contributed by atoms with Crippen LogP contribution >= 0.6 is 0 Å². The summed E-state index contributed by atoms with van der Waals surface area (Å²) in [5.74, 6) is -0.0568. The monoisotopic (exact) mass is 317 g/mol. The van der Waals surface area contributed by atoms with E-state index in [1.807, 2.05) is 6.92 Å². The van der Waals surface area contributed by atoms with E-state index in [1.54, 1.807) is 7.05 Å². The maximum atomic E-state index is 12.4. The van der Waals surface area contributed by atoms with Gasteiger partial charge in [-0.3, -0.25) is 9.09 Å². The molecular formula is C13H23N3O4S. The number of hydrogen-bond donors (Lipinski definition) is 0. The van der Waals surface area contributed by atoms with Crippen LogP contribution in [0, 0.1) is 0 Å². The molecule has 0 aliphatic carbocycles. The fourth-order valence-corrected chi connectivity index (χ4v) is 4.11. The summed E-state index contributed by atoms with van der Waals surface area (Å²) >= 11 is 0. The molecule has 0 saturated heterocycles. The van der Waals surface area contributed by atoms with Crippen LogP contribution in [0.5, 0.6) is 0 Å². The summed E-state index contributed by atoms with van der Waals surface area (Å²) in [6, 6.07) is -0.379. The fourth-order valence-electron chi connectivity index (χ4n) is 2.65. The lowest BCUT2D eigenvalue weighted by atomic mass is 10.1. The van der Waals surface area contributed by atoms with Gasteiger partial charge < -0.3 is 0 Å². The first kappa shape index (κ1) is 16.2. The Kier molecular flexibility index (Phi) is 5.21. The highest BCUT2D eigenvalue weighted by Crippen LogP contribution is 2.23. The van der Waals surface area contributed by atoms with E-state index in [9.17, 15) is 13.2 Å². The number of fused-ring (bicyclic) bond motifs is 1. The number of sulfonamides is 1. The molecule has 8 heteroatoms. The van der Waals surface area contributed by atoms with Gasteiger partial charge in [0.1, 0.15) is 0 Å². The Hall–Kier alpha value is -1.15. The minimum Gasteiger partial charge on any atom is -0.296 e. The van der Waals surface area contributed by atoms with Crippen molar-refractivity contribution in [2.75, 3.05) is 19.3 Å². The lowest BCUT2D eigenvalue weighted by Gasteiger charge is -2.21. The molecule has 1 aliphatic rings. The molecule has 1 aromatic rings. The molecule has 1 aromatic heterocycles. The van der Waals surface area contributed by atoms with Crippen molar-refractivity contribution < 1.29 is 12.9 Å². The minimum atomic E-state index is -3.38. The largest absolute Gasteiger partial charge is 0.441 e. The van der Waals surface area contributed by atoms with E-state index in [0.717, 1.165) is 25.7 Å². The summed E-state index contributed by atoms with van der Waals surface area (Å²) in [6.07, 6.45) is 4.89. The van der Waals surface area contributed by atoms with Crippen LogP contribution in [0.15, 0.2) is 9.32 Å². The van der Waals surface area contributed by atoms with E-state index < -0.39 is 15.8 Å². The third kappa shape index (κ3) is 3.74. The molecule has 1 aliphatic heterocycles. The topological polar surface area (TPSA) is 85.4 Å². The second kappa shape index (κ2) is 6.74. The Morgan fingerprint density at radius 3 is 2.90 bits per heavy atom. The van der Waals surface area contributed by atoms with E-state index in [-0.39, 0.29) is 11.8 Å². The van der Waals surface area contributed by atoms with Crippen LogP contribution in [-0.2, 0) is 16.4 Å². The molecule has 0 bridgehead atoms. The summed E-state index contributed by atoms with van der Waals surface area (Å²) < 4.78 is 32.3. The molecule has 0 N–H and O–H groups in total. The molecule has 1 unspecified atom stereocenters. The lowest BCUT2D eigenvalue weighted by Crippen LogP contribution is -2.35. The zero-order valence-electron chi connectivity index (χ0n) is 12.6. The standard InChI is InChI=1S/C13H23N3O4S/c1-3-4-9-15(2)21(18,19)10-11-7-5-6-8-12-14-20-13(17)16(11)12/h11H,3-10H2,1-2H3. The van der Waals surface area contributed by atoms with Crippen LogP contribution < -0.4 is 5.76 Å². The van der Waals surface area contributed by atoms with Crippen molar-refractivity contribution in [2.45, 2.75) is 51.5 Å². The average molecular weight is 317 g/mol. The summed E-state index contributed by atoms with van der Waals surface area (Å²) in [6.45, 7) is 2.53. The zero-order valence-corrected chi connectivity index (χ0v) is 13.4. The number of rotatable bonds is 6. The highest BCUT2D eigenvalue weighted by Gasteiger charge is 2.29. The van der Waals surface area contributed by atoms with Crippen LogP contribution in [0.2, 0.25) is 0 Å². The van der Waals surface area contributed by atoms with Gasteiger partial charge in [-0.15, -0.1) is 0 Å². The Bertz CT molecular complexity index is 620. The Balaban J connectivity index is 2.18. The van der Waals surface area contributed by atoms with E-state index in [2.05, 4.69) is 5.16 Å². The minimum absolute atomic E-state index is 0.0681. The quantitative estimate of drug-likeness (QED) is 0.786. The molecule has 2 heterocycles. The maximum absolute atomic E-state index is 12.4. The maximum Gasteiger partial charge on any atom is 0.441 e. The van der Waals surface area contributed by atoms with Crippen LogP contribution in [-0.4, -0.2) is 41.8 Å². The normalized spacial score (nSPS) is 19.5. The number of hydrogen-bond acceptors (Lipinski definition) is 5. The van der Waals surface area contributed by atoms with Crippen molar-refractivity contribution >= 4 is 10.0 Å². The van der Waals surface area contributed by atoms with E-state index in [0.29, 0.717) is 25.2 Å². The molecule has 0 fully saturated rings. The molecule has 0 radical (unpaired) electrons. The highest BCUT2D eigenvalue weighted by molar-refractivity contribution is 7.89. The highest BCUT2D eigenvalue weighted by atomic mass is 32.2. The summed E-state index contributed by atoms with van der Waals surface area (Å²) in [5.41, 5.74) is 0. The molecule has 0 aromatic carbocycles.